The molecule has 0 amide bonds. The highest BCUT2D eigenvalue weighted by Crippen LogP contribution is 2.25. The number of aromatic nitrogens is 2. The quantitative estimate of drug-likeness (QED) is 0.675. The van der Waals surface area contributed by atoms with Crippen LogP contribution in [-0.2, 0) is 0 Å². The number of hydrogen-bond donors (Lipinski definition) is 0. The largest absolute Gasteiger partial charge is 0.232 e. The molecule has 0 N–H and O–H groups in total. The Morgan fingerprint density at radius 2 is 1.74 bits per heavy atom. The lowest BCUT2D eigenvalue weighted by atomic mass is 10.0. The van der Waals surface area contributed by atoms with Crippen LogP contribution in [0.4, 0.5) is 0 Å². The topological polar surface area (TPSA) is 25.8 Å². The van der Waals surface area contributed by atoms with Gasteiger partial charge in [-0.05, 0) is 12.0 Å². The van der Waals surface area contributed by atoms with Crippen molar-refractivity contribution in [2.75, 3.05) is 0 Å². The maximum atomic E-state index is 8.11. The van der Waals surface area contributed by atoms with Gasteiger partial charge >= 0.3 is 0 Å². The molecule has 0 saturated heterocycles. The molecule has 3 aromatic rings. The monoisotopic (exact) mass is 253 g/mol. The van der Waals surface area contributed by atoms with E-state index < -0.39 is 6.04 Å². The molecule has 94 valence electrons. The zero-order valence-corrected chi connectivity index (χ0v) is 10.8. The number of benzene rings is 2. The number of nitrogens with zero attached hydrogens (tertiary/aromatic N) is 2. The number of rotatable bonds is 2. The normalized spacial score (nSPS) is 14.8. The second kappa shape index (κ2) is 4.81. The van der Waals surface area contributed by atoms with Crippen molar-refractivity contribution < 1.29 is 6.85 Å². The van der Waals surface area contributed by atoms with Crippen LogP contribution in [0.25, 0.3) is 22.3 Å². The lowest BCUT2D eigenvalue weighted by Gasteiger charge is -2.11. The van der Waals surface area contributed by atoms with E-state index in [1.807, 2.05) is 38.1 Å². The van der Waals surface area contributed by atoms with E-state index in [1.54, 1.807) is 0 Å². The van der Waals surface area contributed by atoms with Gasteiger partial charge in [0, 0.05) is 10.9 Å². The summed E-state index contributed by atoms with van der Waals surface area (Å²) in [6.45, 7) is 4.00. The van der Waals surface area contributed by atoms with E-state index in [-0.39, 0.29) is 41.5 Å². The summed E-state index contributed by atoms with van der Waals surface area (Å²) in [6.07, 6.45) is 0. The number of fused-ring (bicyclic) bond motifs is 1. The highest BCUT2D eigenvalue weighted by atomic mass is 14.9. The fourth-order valence-electron chi connectivity index (χ4n) is 2.01. The van der Waals surface area contributed by atoms with E-state index in [4.69, 9.17) is 6.85 Å². The Morgan fingerprint density at radius 3 is 2.47 bits per heavy atom. The maximum Gasteiger partial charge on any atom is 0.160 e. The van der Waals surface area contributed by atoms with Gasteiger partial charge in [0.15, 0.2) is 5.82 Å². The molecule has 1 heterocycles. The summed E-state index contributed by atoms with van der Waals surface area (Å²) < 4.78 is 39.6. The highest BCUT2D eigenvalue weighted by Gasteiger charge is 2.11. The third kappa shape index (κ3) is 2.22. The molecule has 0 fully saturated rings. The van der Waals surface area contributed by atoms with Crippen molar-refractivity contribution in [3.63, 3.8) is 0 Å². The Balaban J connectivity index is 2.40. The zero-order valence-electron chi connectivity index (χ0n) is 15.8. The molecule has 0 radical (unpaired) electrons. The van der Waals surface area contributed by atoms with Crippen LogP contribution in [0.3, 0.4) is 0 Å². The van der Waals surface area contributed by atoms with Crippen molar-refractivity contribution in [1.29, 1.82) is 0 Å². The third-order valence-corrected chi connectivity index (χ3v) is 2.90. The van der Waals surface area contributed by atoms with Crippen LogP contribution < -0.4 is 0 Å². The Kier molecular flexibility index (Phi) is 1.87. The minimum Gasteiger partial charge on any atom is -0.232 e. The molecule has 0 spiro atoms. The molecule has 2 heteroatoms. The third-order valence-electron chi connectivity index (χ3n) is 2.90. The van der Waals surface area contributed by atoms with Crippen molar-refractivity contribution in [3.05, 3.63) is 60.2 Å². The Morgan fingerprint density at radius 1 is 1.00 bits per heavy atom. The molecular formula is C17H16N2. The van der Waals surface area contributed by atoms with Crippen LogP contribution in [0.5, 0.6) is 0 Å². The second-order valence-corrected chi connectivity index (χ2v) is 4.60. The molecular weight excluding hydrogens is 232 g/mol. The molecule has 1 aromatic heterocycles. The zero-order chi connectivity index (χ0) is 17.6. The average molecular weight is 253 g/mol. The molecule has 2 nitrogen and oxygen atoms in total. The van der Waals surface area contributed by atoms with Gasteiger partial charge in [-0.15, -0.1) is 0 Å². The molecule has 0 aliphatic rings. The summed E-state index contributed by atoms with van der Waals surface area (Å²) in [5.41, 5.74) is 1.52. The van der Waals surface area contributed by atoms with Crippen LogP contribution in [0, 0.1) is 0 Å². The van der Waals surface area contributed by atoms with Crippen LogP contribution in [0.15, 0.2) is 54.5 Å². The predicted molar refractivity (Wildman–Crippen MR) is 79.1 cm³/mol. The summed E-state index contributed by atoms with van der Waals surface area (Å²) in [6, 6.07) is 5.77. The Labute approximate surface area is 120 Å². The minimum atomic E-state index is -0.418. The fourth-order valence-corrected chi connectivity index (χ4v) is 2.01. The van der Waals surface area contributed by atoms with Gasteiger partial charge in [0.1, 0.15) is 0 Å². The smallest absolute Gasteiger partial charge is 0.160 e. The van der Waals surface area contributed by atoms with Gasteiger partial charge in [-0.2, -0.15) is 0 Å². The van der Waals surface area contributed by atoms with Gasteiger partial charge < -0.3 is 0 Å². The summed E-state index contributed by atoms with van der Waals surface area (Å²) in [5, 5.41) is 0.906. The van der Waals surface area contributed by atoms with E-state index in [0.717, 1.165) is 11.1 Å². The Bertz CT molecular complexity index is 924. The van der Waals surface area contributed by atoms with Gasteiger partial charge in [0.2, 0.25) is 0 Å². The Hall–Kier alpha value is -2.22. The van der Waals surface area contributed by atoms with Crippen molar-refractivity contribution in [2.45, 2.75) is 19.8 Å². The summed E-state index contributed by atoms with van der Waals surface area (Å²) in [7, 11) is 0. The van der Waals surface area contributed by atoms with E-state index in [2.05, 4.69) is 9.97 Å². The molecule has 0 aliphatic heterocycles. The van der Waals surface area contributed by atoms with Crippen molar-refractivity contribution in [3.8, 4) is 11.4 Å². The van der Waals surface area contributed by atoms with Crippen molar-refractivity contribution in [1.82, 2.24) is 9.97 Å². The van der Waals surface area contributed by atoms with E-state index >= 15 is 0 Å². The predicted octanol–water partition coefficient (Wildman–Crippen LogP) is 4.42. The minimum absolute atomic E-state index is 0.0358. The van der Waals surface area contributed by atoms with E-state index in [9.17, 15) is 0 Å². The standard InChI is InChI=1S/C17H16N2/c1-12(2)16-14-10-6-7-11-15(14)18-17(19-16)13-8-4-3-5-9-13/h3-12H,1-2H3/i3D,4D,5D,8D,9D. The van der Waals surface area contributed by atoms with Gasteiger partial charge in [-0.25, -0.2) is 9.97 Å². The van der Waals surface area contributed by atoms with Crippen LogP contribution in [-0.4, -0.2) is 9.97 Å². The maximum absolute atomic E-state index is 8.11. The molecule has 0 saturated carbocycles. The van der Waals surface area contributed by atoms with Crippen LogP contribution in [0.2, 0.25) is 0 Å². The molecule has 19 heavy (non-hydrogen) atoms. The van der Waals surface area contributed by atoms with Gasteiger partial charge in [-0.3, -0.25) is 0 Å². The lowest BCUT2D eigenvalue weighted by Crippen LogP contribution is -1.99. The van der Waals surface area contributed by atoms with Crippen LogP contribution in [0.1, 0.15) is 32.3 Å². The van der Waals surface area contributed by atoms with Crippen LogP contribution >= 0.6 is 0 Å². The van der Waals surface area contributed by atoms with Gasteiger partial charge in [0.25, 0.3) is 0 Å². The second-order valence-electron chi connectivity index (χ2n) is 4.60. The number of para-hydroxylation sites is 1. The fraction of sp³-hybridized carbons (Fsp3) is 0.176. The summed E-state index contributed by atoms with van der Waals surface area (Å²) in [4.78, 5) is 8.97. The first kappa shape index (κ1) is 7.39. The first-order valence-corrected chi connectivity index (χ1v) is 6.17. The van der Waals surface area contributed by atoms with Gasteiger partial charge in [0.05, 0.1) is 18.1 Å². The molecule has 0 atom stereocenters. The molecule has 0 unspecified atom stereocenters. The van der Waals surface area contributed by atoms with E-state index in [0.29, 0.717) is 5.52 Å². The molecule has 2 aromatic carbocycles. The molecule has 0 aliphatic carbocycles. The summed E-state index contributed by atoms with van der Waals surface area (Å²) >= 11 is 0. The van der Waals surface area contributed by atoms with Crippen molar-refractivity contribution in [2.24, 2.45) is 0 Å². The highest BCUT2D eigenvalue weighted by molar-refractivity contribution is 5.83. The summed E-state index contributed by atoms with van der Waals surface area (Å²) in [5.74, 6) is 0.274. The molecule has 3 rings (SSSR count). The first-order chi connectivity index (χ1) is 11.3. The number of hydrogen-bond acceptors (Lipinski definition) is 2. The lowest BCUT2D eigenvalue weighted by molar-refractivity contribution is 0.831. The van der Waals surface area contributed by atoms with Gasteiger partial charge in [-0.1, -0.05) is 62.3 Å². The molecule has 0 bridgehead atoms. The first-order valence-electron chi connectivity index (χ1n) is 8.67. The van der Waals surface area contributed by atoms with E-state index in [1.165, 1.54) is 0 Å². The van der Waals surface area contributed by atoms with Crippen molar-refractivity contribution >= 4 is 10.9 Å². The SMILES string of the molecule is [2H]c1c([2H])c([2H])c(-c2nc(C(C)C)c3ccccc3n2)c([2H])c1[2H]. The average Bonchev–Trinajstić information content (AvgIpc) is 2.57.